The minimum absolute atomic E-state index is 0.201. The molecule has 0 bridgehead atoms. The second-order valence-electron chi connectivity index (χ2n) is 1.72. The summed E-state index contributed by atoms with van der Waals surface area (Å²) in [4.78, 5) is 20.1. The summed E-state index contributed by atoms with van der Waals surface area (Å²) in [7, 11) is 0. The number of nitrogen functional groups attached to an aromatic ring is 1. The Hall–Kier alpha value is -1.76. The number of hydrogen-bond acceptors (Lipinski definition) is 6. The van der Waals surface area contributed by atoms with E-state index in [1.54, 1.807) is 0 Å². The Labute approximate surface area is 60.6 Å². The van der Waals surface area contributed by atoms with Gasteiger partial charge in [-0.2, -0.15) is 10.9 Å². The summed E-state index contributed by atoms with van der Waals surface area (Å²) in [5.41, 5.74) is 4.34. The van der Waals surface area contributed by atoms with Gasteiger partial charge >= 0.3 is 5.56 Å². The van der Waals surface area contributed by atoms with Crippen LogP contribution in [-0.4, -0.2) is 15.1 Å². The third-order valence-corrected chi connectivity index (χ3v) is 0.995. The van der Waals surface area contributed by atoms with Crippen LogP contribution in [0.15, 0.2) is 4.79 Å². The normalized spacial score (nSPS) is 9.55. The van der Waals surface area contributed by atoms with Crippen molar-refractivity contribution < 1.29 is 9.94 Å². The van der Waals surface area contributed by atoms with Crippen LogP contribution in [0.5, 0.6) is 11.6 Å². The molecule has 0 spiro atoms. The summed E-state index contributed by atoms with van der Waals surface area (Å²) in [6.07, 6.45) is 0. The highest BCUT2D eigenvalue weighted by atomic mass is 16.6. The largest absolute Gasteiger partial charge is 0.490 e. The highest BCUT2D eigenvalue weighted by Crippen LogP contribution is 2.15. The van der Waals surface area contributed by atoms with Gasteiger partial charge in [-0.15, -0.1) is 0 Å². The van der Waals surface area contributed by atoms with E-state index < -0.39 is 17.2 Å². The van der Waals surface area contributed by atoms with E-state index in [-0.39, 0.29) is 5.95 Å². The van der Waals surface area contributed by atoms with Gasteiger partial charge in [-0.1, -0.05) is 0 Å². The number of anilines is 1. The van der Waals surface area contributed by atoms with Crippen molar-refractivity contribution in [2.45, 2.75) is 0 Å². The molecular formula is C4H6N4O3. The third-order valence-electron chi connectivity index (χ3n) is 0.995. The van der Waals surface area contributed by atoms with Crippen molar-refractivity contribution in [3.63, 3.8) is 0 Å². The summed E-state index contributed by atoms with van der Waals surface area (Å²) in [5.74, 6) is 3.35. The lowest BCUT2D eigenvalue weighted by atomic mass is 10.5. The molecule has 60 valence electrons. The van der Waals surface area contributed by atoms with E-state index in [4.69, 9.17) is 10.8 Å². The lowest BCUT2D eigenvalue weighted by Gasteiger charge is -1.99. The first-order chi connectivity index (χ1) is 5.15. The van der Waals surface area contributed by atoms with Gasteiger partial charge in [0.05, 0.1) is 0 Å². The topological polar surface area (TPSA) is 127 Å². The Kier molecular flexibility index (Phi) is 1.65. The minimum atomic E-state index is -0.725. The number of rotatable bonds is 1. The summed E-state index contributed by atoms with van der Waals surface area (Å²) < 4.78 is 0. The van der Waals surface area contributed by atoms with Gasteiger partial charge in [0.1, 0.15) is 0 Å². The van der Waals surface area contributed by atoms with Crippen LogP contribution in [0.25, 0.3) is 0 Å². The zero-order chi connectivity index (χ0) is 8.43. The lowest BCUT2D eigenvalue weighted by Crippen LogP contribution is -2.17. The fraction of sp³-hybridized carbons (Fsp3) is 0. The number of aromatic amines is 1. The molecule has 0 amide bonds. The maximum absolute atomic E-state index is 10.8. The Balaban J connectivity index is 3.37. The fourth-order valence-corrected chi connectivity index (χ4v) is 0.574. The summed E-state index contributed by atoms with van der Waals surface area (Å²) in [6, 6.07) is 0. The van der Waals surface area contributed by atoms with Crippen LogP contribution in [0, 0.1) is 0 Å². The molecule has 0 aliphatic rings. The molecule has 7 heteroatoms. The highest BCUT2D eigenvalue weighted by Gasteiger charge is 2.08. The monoisotopic (exact) mass is 158 g/mol. The molecule has 0 radical (unpaired) electrons. The van der Waals surface area contributed by atoms with E-state index in [0.29, 0.717) is 0 Å². The molecule has 1 heterocycles. The van der Waals surface area contributed by atoms with Crippen molar-refractivity contribution in [2.24, 2.45) is 5.90 Å². The molecule has 1 aromatic heterocycles. The maximum atomic E-state index is 10.8. The van der Waals surface area contributed by atoms with Gasteiger partial charge in [0.15, 0.2) is 0 Å². The van der Waals surface area contributed by atoms with Crippen molar-refractivity contribution in [2.75, 3.05) is 5.73 Å². The Morgan fingerprint density at radius 3 is 2.73 bits per heavy atom. The zero-order valence-corrected chi connectivity index (χ0v) is 5.37. The smallest absolute Gasteiger partial charge is 0.301 e. The average molecular weight is 158 g/mol. The van der Waals surface area contributed by atoms with E-state index in [0.717, 1.165) is 0 Å². The zero-order valence-electron chi connectivity index (χ0n) is 5.37. The number of nitrogens with two attached hydrogens (primary N) is 2. The van der Waals surface area contributed by atoms with Gasteiger partial charge in [0.25, 0.3) is 11.6 Å². The van der Waals surface area contributed by atoms with E-state index in [2.05, 4.69) is 20.7 Å². The van der Waals surface area contributed by atoms with Gasteiger partial charge < -0.3 is 15.7 Å². The van der Waals surface area contributed by atoms with Crippen molar-refractivity contribution in [1.82, 2.24) is 9.97 Å². The Morgan fingerprint density at radius 1 is 1.64 bits per heavy atom. The molecule has 6 N–H and O–H groups in total. The maximum Gasteiger partial charge on any atom is 0.301 e. The number of aromatic hydroxyl groups is 1. The number of H-pyrrole nitrogens is 1. The van der Waals surface area contributed by atoms with Gasteiger partial charge in [-0.3, -0.25) is 9.78 Å². The minimum Gasteiger partial charge on any atom is -0.490 e. The van der Waals surface area contributed by atoms with Crippen molar-refractivity contribution in [1.29, 1.82) is 0 Å². The van der Waals surface area contributed by atoms with Crippen LogP contribution in [0.2, 0.25) is 0 Å². The van der Waals surface area contributed by atoms with E-state index in [1.165, 1.54) is 0 Å². The molecule has 0 saturated carbocycles. The van der Waals surface area contributed by atoms with E-state index in [1.807, 2.05) is 0 Å². The van der Waals surface area contributed by atoms with Crippen LogP contribution < -0.4 is 22.0 Å². The van der Waals surface area contributed by atoms with Crippen LogP contribution in [0.4, 0.5) is 5.95 Å². The standard InChI is InChI=1S/C4H6N4O3/c5-4-7-2(9)1(11-6)3(10)8-4/h6H2,(H4,5,7,8,9,10). The SMILES string of the molecule is NOc1c(O)nc(N)[nH]c1=O. The van der Waals surface area contributed by atoms with Crippen molar-refractivity contribution in [3.05, 3.63) is 10.4 Å². The Bertz CT molecular complexity index is 320. The fourth-order valence-electron chi connectivity index (χ4n) is 0.574. The van der Waals surface area contributed by atoms with Gasteiger partial charge in [0.2, 0.25) is 5.95 Å². The second kappa shape index (κ2) is 2.46. The molecule has 0 aliphatic heterocycles. The quantitative estimate of drug-likeness (QED) is 0.361. The molecule has 0 atom stereocenters. The van der Waals surface area contributed by atoms with E-state index >= 15 is 0 Å². The molecule has 1 aromatic rings. The van der Waals surface area contributed by atoms with Crippen molar-refractivity contribution in [3.8, 4) is 11.6 Å². The van der Waals surface area contributed by atoms with Crippen LogP contribution in [0.1, 0.15) is 0 Å². The predicted molar refractivity (Wildman–Crippen MR) is 35.8 cm³/mol. The predicted octanol–water partition coefficient (Wildman–Crippen LogP) is -1.69. The molecule has 0 aromatic carbocycles. The molecule has 11 heavy (non-hydrogen) atoms. The molecular weight excluding hydrogens is 152 g/mol. The van der Waals surface area contributed by atoms with Gasteiger partial charge in [-0.25, -0.2) is 0 Å². The number of nitrogens with zero attached hydrogens (tertiary/aromatic N) is 1. The highest BCUT2D eigenvalue weighted by molar-refractivity contribution is 5.33. The van der Waals surface area contributed by atoms with E-state index in [9.17, 15) is 4.79 Å². The molecule has 0 saturated heterocycles. The number of aromatic nitrogens is 2. The number of hydrogen-bond donors (Lipinski definition) is 4. The molecule has 0 fully saturated rings. The van der Waals surface area contributed by atoms with Crippen molar-refractivity contribution >= 4 is 5.95 Å². The summed E-state index contributed by atoms with van der Waals surface area (Å²) in [6.45, 7) is 0. The first-order valence-corrected chi connectivity index (χ1v) is 2.60. The van der Waals surface area contributed by atoms with Crippen LogP contribution >= 0.6 is 0 Å². The van der Waals surface area contributed by atoms with Gasteiger partial charge in [0, 0.05) is 0 Å². The van der Waals surface area contributed by atoms with Gasteiger partial charge in [-0.05, 0) is 0 Å². The van der Waals surface area contributed by atoms with Crippen LogP contribution in [0.3, 0.4) is 0 Å². The average Bonchev–Trinajstić information content (AvgIpc) is 1.85. The first-order valence-electron chi connectivity index (χ1n) is 2.60. The second-order valence-corrected chi connectivity index (χ2v) is 1.72. The number of nitrogens with one attached hydrogen (secondary N) is 1. The molecule has 0 unspecified atom stereocenters. The van der Waals surface area contributed by atoms with Crippen LogP contribution in [-0.2, 0) is 0 Å². The molecule has 7 nitrogen and oxygen atoms in total. The first kappa shape index (κ1) is 7.35. The Morgan fingerprint density at radius 2 is 2.27 bits per heavy atom. The summed E-state index contributed by atoms with van der Waals surface area (Å²) in [5, 5.41) is 8.86. The summed E-state index contributed by atoms with van der Waals surface area (Å²) >= 11 is 0. The third kappa shape index (κ3) is 1.22. The lowest BCUT2D eigenvalue weighted by molar-refractivity contribution is 0.302. The molecule has 0 aliphatic carbocycles. The molecule has 1 rings (SSSR count).